The lowest BCUT2D eigenvalue weighted by molar-refractivity contribution is 0.0945. The summed E-state index contributed by atoms with van der Waals surface area (Å²) in [6.07, 6.45) is 5.88. The van der Waals surface area contributed by atoms with Crippen LogP contribution < -0.4 is 5.32 Å². The van der Waals surface area contributed by atoms with Crippen molar-refractivity contribution in [1.29, 1.82) is 0 Å². The van der Waals surface area contributed by atoms with Gasteiger partial charge in [0.25, 0.3) is 5.91 Å². The summed E-state index contributed by atoms with van der Waals surface area (Å²) in [5, 5.41) is 4.73. The lowest BCUT2D eigenvalue weighted by Gasteiger charge is -2.15. The zero-order valence-corrected chi connectivity index (χ0v) is 10.6. The van der Waals surface area contributed by atoms with Gasteiger partial charge in [0.15, 0.2) is 0 Å². The second kappa shape index (κ2) is 4.49. The van der Waals surface area contributed by atoms with Gasteiger partial charge in [-0.1, -0.05) is 6.07 Å². The zero-order valence-electron chi connectivity index (χ0n) is 9.80. The fourth-order valence-electron chi connectivity index (χ4n) is 2.06. The predicted molar refractivity (Wildman–Crippen MR) is 69.6 cm³/mol. The standard InChI is InChI=1S/C13H13N3OS/c17-12(11-7-18-9-16-11)15-8-13(3-4-13)10-2-1-5-14-6-10/h1-2,5-7,9H,3-4,8H2,(H,15,17). The van der Waals surface area contributed by atoms with Crippen LogP contribution in [0.25, 0.3) is 0 Å². The highest BCUT2D eigenvalue weighted by Crippen LogP contribution is 2.47. The molecule has 0 unspecified atom stereocenters. The molecule has 0 bridgehead atoms. The molecular formula is C13H13N3OS. The highest BCUT2D eigenvalue weighted by Gasteiger charge is 2.44. The lowest BCUT2D eigenvalue weighted by atomic mass is 9.98. The number of amides is 1. The van der Waals surface area contributed by atoms with Gasteiger partial charge in [-0.2, -0.15) is 0 Å². The monoisotopic (exact) mass is 259 g/mol. The summed E-state index contributed by atoms with van der Waals surface area (Å²) in [7, 11) is 0. The minimum absolute atomic E-state index is 0.0913. The Morgan fingerprint density at radius 1 is 1.50 bits per heavy atom. The van der Waals surface area contributed by atoms with Crippen molar-refractivity contribution < 1.29 is 4.79 Å². The number of carbonyl (C=O) groups excluding carboxylic acids is 1. The summed E-state index contributed by atoms with van der Waals surface area (Å²) in [5.74, 6) is -0.0913. The van der Waals surface area contributed by atoms with Crippen LogP contribution in [-0.4, -0.2) is 22.4 Å². The van der Waals surface area contributed by atoms with Crippen LogP contribution in [0.1, 0.15) is 28.9 Å². The number of hydrogen-bond acceptors (Lipinski definition) is 4. The van der Waals surface area contributed by atoms with Gasteiger partial charge in [-0.25, -0.2) is 4.98 Å². The van der Waals surface area contributed by atoms with Gasteiger partial charge in [0.05, 0.1) is 5.51 Å². The second-order valence-electron chi connectivity index (χ2n) is 4.58. The Morgan fingerprint density at radius 2 is 2.39 bits per heavy atom. The van der Waals surface area contributed by atoms with Crippen molar-refractivity contribution in [1.82, 2.24) is 15.3 Å². The fourth-order valence-corrected chi connectivity index (χ4v) is 2.59. The molecule has 0 radical (unpaired) electrons. The van der Waals surface area contributed by atoms with E-state index in [2.05, 4.69) is 21.4 Å². The first-order chi connectivity index (χ1) is 8.80. The molecule has 1 N–H and O–H groups in total. The third-order valence-corrected chi connectivity index (χ3v) is 3.97. The van der Waals surface area contributed by atoms with Crippen molar-refractivity contribution in [3.8, 4) is 0 Å². The first-order valence-corrected chi connectivity index (χ1v) is 6.81. The molecule has 3 rings (SSSR count). The molecule has 0 spiro atoms. The average molecular weight is 259 g/mol. The lowest BCUT2D eigenvalue weighted by Crippen LogP contribution is -2.32. The van der Waals surface area contributed by atoms with E-state index in [1.807, 2.05) is 12.3 Å². The Balaban J connectivity index is 1.66. The van der Waals surface area contributed by atoms with E-state index in [4.69, 9.17) is 0 Å². The molecule has 0 atom stereocenters. The van der Waals surface area contributed by atoms with Gasteiger partial charge in [-0.15, -0.1) is 11.3 Å². The second-order valence-corrected chi connectivity index (χ2v) is 5.30. The predicted octanol–water partition coefficient (Wildman–Crippen LogP) is 2.00. The van der Waals surface area contributed by atoms with Crippen LogP contribution >= 0.6 is 11.3 Å². The summed E-state index contributed by atoms with van der Waals surface area (Å²) in [6, 6.07) is 4.02. The summed E-state index contributed by atoms with van der Waals surface area (Å²) >= 11 is 1.43. The van der Waals surface area contributed by atoms with Gasteiger partial charge in [-0.3, -0.25) is 9.78 Å². The average Bonchev–Trinajstić information content (AvgIpc) is 3.01. The van der Waals surface area contributed by atoms with E-state index >= 15 is 0 Å². The van der Waals surface area contributed by atoms with E-state index in [0.29, 0.717) is 12.2 Å². The minimum Gasteiger partial charge on any atom is -0.350 e. The van der Waals surface area contributed by atoms with Crippen LogP contribution in [0.4, 0.5) is 0 Å². The normalized spacial score (nSPS) is 16.2. The van der Waals surface area contributed by atoms with E-state index in [1.54, 1.807) is 17.1 Å². The molecule has 5 heteroatoms. The van der Waals surface area contributed by atoms with E-state index in [0.717, 1.165) is 12.8 Å². The number of aromatic nitrogens is 2. The largest absolute Gasteiger partial charge is 0.350 e. The Bertz CT molecular complexity index is 535. The van der Waals surface area contributed by atoms with Gasteiger partial charge in [-0.05, 0) is 24.5 Å². The topological polar surface area (TPSA) is 54.9 Å². The Kier molecular flexibility index (Phi) is 2.83. The van der Waals surface area contributed by atoms with Crippen molar-refractivity contribution in [2.75, 3.05) is 6.54 Å². The fraction of sp³-hybridized carbons (Fsp3) is 0.308. The highest BCUT2D eigenvalue weighted by atomic mass is 32.1. The van der Waals surface area contributed by atoms with Crippen LogP contribution in [0.2, 0.25) is 0 Å². The van der Waals surface area contributed by atoms with Crippen LogP contribution in [0.15, 0.2) is 35.4 Å². The van der Waals surface area contributed by atoms with Gasteiger partial charge >= 0.3 is 0 Å². The van der Waals surface area contributed by atoms with Crippen LogP contribution in [0.3, 0.4) is 0 Å². The SMILES string of the molecule is O=C(NCC1(c2cccnc2)CC1)c1cscn1. The quantitative estimate of drug-likeness (QED) is 0.913. The maximum atomic E-state index is 11.8. The smallest absolute Gasteiger partial charge is 0.270 e. The molecule has 18 heavy (non-hydrogen) atoms. The van der Waals surface area contributed by atoms with Gasteiger partial charge in [0.1, 0.15) is 5.69 Å². The molecular weight excluding hydrogens is 246 g/mol. The minimum atomic E-state index is -0.0913. The zero-order chi connectivity index (χ0) is 12.4. The molecule has 2 aromatic rings. The molecule has 1 saturated carbocycles. The molecule has 1 aliphatic rings. The Labute approximate surface area is 109 Å². The first-order valence-electron chi connectivity index (χ1n) is 5.87. The number of nitrogens with one attached hydrogen (secondary N) is 1. The molecule has 0 saturated heterocycles. The van der Waals surface area contributed by atoms with E-state index in [9.17, 15) is 4.79 Å². The number of thiazole rings is 1. The number of rotatable bonds is 4. The summed E-state index contributed by atoms with van der Waals surface area (Å²) in [6.45, 7) is 0.662. The van der Waals surface area contributed by atoms with Crippen LogP contribution in [0.5, 0.6) is 0 Å². The molecule has 1 aliphatic carbocycles. The van der Waals surface area contributed by atoms with Crippen molar-refractivity contribution in [3.63, 3.8) is 0 Å². The number of nitrogens with zero attached hydrogens (tertiary/aromatic N) is 2. The number of pyridine rings is 1. The molecule has 92 valence electrons. The van der Waals surface area contributed by atoms with Crippen molar-refractivity contribution in [2.45, 2.75) is 18.3 Å². The molecule has 0 aliphatic heterocycles. The van der Waals surface area contributed by atoms with Crippen LogP contribution in [-0.2, 0) is 5.41 Å². The van der Waals surface area contributed by atoms with Crippen molar-refractivity contribution >= 4 is 17.2 Å². The summed E-state index contributed by atoms with van der Waals surface area (Å²) < 4.78 is 0. The highest BCUT2D eigenvalue weighted by molar-refractivity contribution is 7.07. The Hall–Kier alpha value is -1.75. The summed E-state index contributed by atoms with van der Waals surface area (Å²) in [5.41, 5.74) is 3.48. The van der Waals surface area contributed by atoms with E-state index in [-0.39, 0.29) is 11.3 Å². The molecule has 1 fully saturated rings. The Morgan fingerprint density at radius 3 is 3.00 bits per heavy atom. The molecule has 4 nitrogen and oxygen atoms in total. The van der Waals surface area contributed by atoms with Crippen molar-refractivity contribution in [3.05, 3.63) is 46.7 Å². The van der Waals surface area contributed by atoms with E-state index in [1.165, 1.54) is 16.9 Å². The molecule has 2 aromatic heterocycles. The maximum absolute atomic E-state index is 11.8. The van der Waals surface area contributed by atoms with Gasteiger partial charge < -0.3 is 5.32 Å². The number of carbonyl (C=O) groups is 1. The first kappa shape index (κ1) is 11.3. The molecule has 0 aromatic carbocycles. The van der Waals surface area contributed by atoms with E-state index < -0.39 is 0 Å². The molecule has 2 heterocycles. The number of hydrogen-bond donors (Lipinski definition) is 1. The maximum Gasteiger partial charge on any atom is 0.270 e. The molecule has 1 amide bonds. The summed E-state index contributed by atoms with van der Waals surface area (Å²) in [4.78, 5) is 20.0. The van der Waals surface area contributed by atoms with Crippen LogP contribution in [0, 0.1) is 0 Å². The third kappa shape index (κ3) is 2.13. The van der Waals surface area contributed by atoms with Gasteiger partial charge in [0, 0.05) is 29.7 Å². The van der Waals surface area contributed by atoms with Gasteiger partial charge in [0.2, 0.25) is 0 Å². The third-order valence-electron chi connectivity index (χ3n) is 3.38. The van der Waals surface area contributed by atoms with Crippen molar-refractivity contribution in [2.24, 2.45) is 0 Å².